The van der Waals surface area contributed by atoms with Crippen LogP contribution in [0, 0.1) is 12.3 Å². The molecule has 1 amide bonds. The molecule has 1 unspecified atom stereocenters. The van der Waals surface area contributed by atoms with E-state index >= 15 is 0 Å². The largest absolute Gasteiger partial charge is 0.385 e. The summed E-state index contributed by atoms with van der Waals surface area (Å²) in [6.07, 6.45) is 4.30. The van der Waals surface area contributed by atoms with E-state index in [4.69, 9.17) is 10.9 Å². The molecule has 1 aromatic carbocycles. The summed E-state index contributed by atoms with van der Waals surface area (Å²) < 4.78 is 5.16. The molecule has 1 aromatic heterocycles. The van der Waals surface area contributed by atoms with Crippen LogP contribution in [0.2, 0.25) is 0 Å². The zero-order valence-corrected chi connectivity index (χ0v) is 11.9. The number of amides is 1. The lowest BCUT2D eigenvalue weighted by molar-refractivity contribution is 0.0800. The highest BCUT2D eigenvalue weighted by molar-refractivity contribution is 6.00. The van der Waals surface area contributed by atoms with Gasteiger partial charge < -0.3 is 14.5 Å². The van der Waals surface area contributed by atoms with Crippen molar-refractivity contribution in [3.63, 3.8) is 0 Å². The first-order valence-electron chi connectivity index (χ1n) is 6.48. The zero-order chi connectivity index (χ0) is 15.4. The van der Waals surface area contributed by atoms with Gasteiger partial charge in [-0.15, -0.1) is 6.42 Å². The van der Waals surface area contributed by atoms with E-state index in [9.17, 15) is 9.90 Å². The summed E-state index contributed by atoms with van der Waals surface area (Å²) in [6.45, 7) is 1.69. The maximum atomic E-state index is 12.5. The average Bonchev–Trinajstić information content (AvgIpc) is 2.92. The topological polar surface area (TPSA) is 66.6 Å². The van der Waals surface area contributed by atoms with Gasteiger partial charge in [0.2, 0.25) is 0 Å². The van der Waals surface area contributed by atoms with Gasteiger partial charge in [0.25, 0.3) is 5.91 Å². The summed E-state index contributed by atoms with van der Waals surface area (Å²) >= 11 is 0. The molecule has 1 atom stereocenters. The smallest absolute Gasteiger partial charge is 0.260 e. The van der Waals surface area contributed by atoms with Gasteiger partial charge in [0.15, 0.2) is 5.76 Å². The second-order valence-electron chi connectivity index (χ2n) is 4.68. The van der Waals surface area contributed by atoms with Crippen LogP contribution in [-0.4, -0.2) is 34.7 Å². The standard InChI is InChI=1S/C16H16N2O3/c1-4-10-18(3)16(20)13-14(12-8-6-5-7-9-12)17-21-15(13)11(2)19/h1,5-9,11,19H,10H2,2-3H3. The lowest BCUT2D eigenvalue weighted by Gasteiger charge is -2.14. The van der Waals surface area contributed by atoms with Crippen molar-refractivity contribution in [2.75, 3.05) is 13.6 Å². The summed E-state index contributed by atoms with van der Waals surface area (Å²) in [4.78, 5) is 13.9. The monoisotopic (exact) mass is 284 g/mol. The molecule has 0 spiro atoms. The number of rotatable bonds is 4. The van der Waals surface area contributed by atoms with E-state index in [1.807, 2.05) is 30.3 Å². The molecule has 2 aromatic rings. The summed E-state index contributed by atoms with van der Waals surface area (Å²) in [5.41, 5.74) is 1.39. The number of benzene rings is 1. The molecule has 0 saturated heterocycles. The minimum Gasteiger partial charge on any atom is -0.385 e. The van der Waals surface area contributed by atoms with E-state index in [0.29, 0.717) is 5.69 Å². The Morgan fingerprint density at radius 2 is 2.14 bits per heavy atom. The van der Waals surface area contributed by atoms with Crippen molar-refractivity contribution in [2.45, 2.75) is 13.0 Å². The van der Waals surface area contributed by atoms with Gasteiger partial charge in [0, 0.05) is 12.6 Å². The van der Waals surface area contributed by atoms with Crippen molar-refractivity contribution in [2.24, 2.45) is 0 Å². The van der Waals surface area contributed by atoms with Gasteiger partial charge in [0.1, 0.15) is 17.4 Å². The van der Waals surface area contributed by atoms with E-state index in [1.165, 1.54) is 11.8 Å². The zero-order valence-electron chi connectivity index (χ0n) is 11.9. The number of aliphatic hydroxyl groups excluding tert-OH is 1. The summed E-state index contributed by atoms with van der Waals surface area (Å²) in [5.74, 6) is 2.22. The average molecular weight is 284 g/mol. The van der Waals surface area contributed by atoms with Crippen LogP contribution >= 0.6 is 0 Å². The Morgan fingerprint density at radius 3 is 2.71 bits per heavy atom. The molecule has 0 saturated carbocycles. The third-order valence-corrected chi connectivity index (χ3v) is 3.03. The SMILES string of the molecule is C#CCN(C)C(=O)c1c(-c2ccccc2)noc1C(C)O. The van der Waals surface area contributed by atoms with Crippen LogP contribution in [-0.2, 0) is 0 Å². The summed E-state index contributed by atoms with van der Waals surface area (Å²) in [7, 11) is 1.59. The lowest BCUT2D eigenvalue weighted by Crippen LogP contribution is -2.28. The van der Waals surface area contributed by atoms with E-state index in [0.717, 1.165) is 5.56 Å². The number of carbonyl (C=O) groups excluding carboxylic acids is 1. The molecular formula is C16H16N2O3. The quantitative estimate of drug-likeness (QED) is 0.873. The van der Waals surface area contributed by atoms with Crippen LogP contribution in [0.15, 0.2) is 34.9 Å². The third kappa shape index (κ3) is 2.96. The number of terminal acetylenes is 1. The first-order valence-corrected chi connectivity index (χ1v) is 6.48. The fourth-order valence-electron chi connectivity index (χ4n) is 1.99. The third-order valence-electron chi connectivity index (χ3n) is 3.03. The molecule has 1 heterocycles. The Bertz CT molecular complexity index is 669. The minimum absolute atomic E-state index is 0.141. The number of hydrogen-bond donors (Lipinski definition) is 1. The van der Waals surface area contributed by atoms with Crippen LogP contribution in [0.4, 0.5) is 0 Å². The Morgan fingerprint density at radius 1 is 1.48 bits per heavy atom. The summed E-state index contributed by atoms with van der Waals surface area (Å²) in [5, 5.41) is 13.7. The van der Waals surface area contributed by atoms with E-state index in [2.05, 4.69) is 11.1 Å². The highest BCUT2D eigenvalue weighted by Gasteiger charge is 2.28. The number of aromatic nitrogens is 1. The van der Waals surface area contributed by atoms with Crippen LogP contribution in [0.3, 0.4) is 0 Å². The van der Waals surface area contributed by atoms with Gasteiger partial charge in [0.05, 0.1) is 6.54 Å². The maximum Gasteiger partial charge on any atom is 0.260 e. The maximum absolute atomic E-state index is 12.5. The highest BCUT2D eigenvalue weighted by atomic mass is 16.5. The highest BCUT2D eigenvalue weighted by Crippen LogP contribution is 2.29. The molecule has 0 radical (unpaired) electrons. The molecule has 108 valence electrons. The Hall–Kier alpha value is -2.58. The molecule has 0 bridgehead atoms. The number of aliphatic hydroxyl groups is 1. The Labute approximate surface area is 123 Å². The van der Waals surface area contributed by atoms with Crippen molar-refractivity contribution in [3.8, 4) is 23.6 Å². The second kappa shape index (κ2) is 6.25. The lowest BCUT2D eigenvalue weighted by atomic mass is 10.0. The molecule has 2 rings (SSSR count). The van der Waals surface area contributed by atoms with E-state index < -0.39 is 6.10 Å². The van der Waals surface area contributed by atoms with Crippen molar-refractivity contribution >= 4 is 5.91 Å². The van der Waals surface area contributed by atoms with Gasteiger partial charge in [-0.3, -0.25) is 4.79 Å². The van der Waals surface area contributed by atoms with Crippen molar-refractivity contribution in [1.82, 2.24) is 10.1 Å². The van der Waals surface area contributed by atoms with Crippen molar-refractivity contribution in [1.29, 1.82) is 0 Å². The fraction of sp³-hybridized carbons (Fsp3) is 0.250. The number of nitrogens with zero attached hydrogens (tertiary/aromatic N) is 2. The fourth-order valence-corrected chi connectivity index (χ4v) is 1.99. The van der Waals surface area contributed by atoms with Crippen molar-refractivity contribution in [3.05, 3.63) is 41.7 Å². The molecule has 0 aliphatic rings. The van der Waals surface area contributed by atoms with E-state index in [-0.39, 0.29) is 23.8 Å². The van der Waals surface area contributed by atoms with Gasteiger partial charge in [-0.2, -0.15) is 0 Å². The van der Waals surface area contributed by atoms with E-state index in [1.54, 1.807) is 7.05 Å². The molecule has 5 heteroatoms. The molecule has 0 fully saturated rings. The van der Waals surface area contributed by atoms with Gasteiger partial charge in [-0.1, -0.05) is 41.4 Å². The first kappa shape index (κ1) is 14.8. The minimum atomic E-state index is -0.937. The molecule has 0 aliphatic carbocycles. The first-order chi connectivity index (χ1) is 10.1. The molecular weight excluding hydrogens is 268 g/mol. The van der Waals surface area contributed by atoms with Crippen LogP contribution in [0.25, 0.3) is 11.3 Å². The predicted octanol–water partition coefficient (Wildman–Crippen LogP) is 2.10. The molecule has 1 N–H and O–H groups in total. The second-order valence-corrected chi connectivity index (χ2v) is 4.68. The molecule has 5 nitrogen and oxygen atoms in total. The van der Waals surface area contributed by atoms with Crippen molar-refractivity contribution < 1.29 is 14.4 Å². The van der Waals surface area contributed by atoms with Crippen LogP contribution in [0.5, 0.6) is 0 Å². The van der Waals surface area contributed by atoms with Gasteiger partial charge in [-0.25, -0.2) is 0 Å². The summed E-state index contributed by atoms with van der Waals surface area (Å²) in [6, 6.07) is 9.19. The van der Waals surface area contributed by atoms with Crippen LogP contribution < -0.4 is 0 Å². The Kier molecular flexibility index (Phi) is 4.41. The molecule has 0 aliphatic heterocycles. The normalized spacial score (nSPS) is 11.7. The van der Waals surface area contributed by atoms with Gasteiger partial charge >= 0.3 is 0 Å². The number of hydrogen-bond acceptors (Lipinski definition) is 4. The molecule has 21 heavy (non-hydrogen) atoms. The predicted molar refractivity (Wildman–Crippen MR) is 78.4 cm³/mol. The van der Waals surface area contributed by atoms with Crippen LogP contribution in [0.1, 0.15) is 29.1 Å². The Balaban J connectivity index is 2.54. The number of carbonyl (C=O) groups is 1. The van der Waals surface area contributed by atoms with Gasteiger partial charge in [-0.05, 0) is 6.92 Å².